The van der Waals surface area contributed by atoms with Gasteiger partial charge in [0.25, 0.3) is 5.89 Å². The van der Waals surface area contributed by atoms with Gasteiger partial charge >= 0.3 is 0 Å². The Morgan fingerprint density at radius 2 is 1.97 bits per heavy atom. The van der Waals surface area contributed by atoms with E-state index in [1.54, 1.807) is 0 Å². The zero-order valence-electron chi connectivity index (χ0n) is 16.9. The fraction of sp³-hybridized carbons (Fsp3) is 0.476. The van der Waals surface area contributed by atoms with Crippen LogP contribution in [0, 0.1) is 6.92 Å². The van der Waals surface area contributed by atoms with Crippen molar-refractivity contribution in [2.45, 2.75) is 52.0 Å². The van der Waals surface area contributed by atoms with Crippen molar-refractivity contribution in [3.8, 4) is 11.6 Å². The van der Waals surface area contributed by atoms with E-state index in [0.717, 1.165) is 44.3 Å². The van der Waals surface area contributed by atoms with Crippen molar-refractivity contribution in [2.24, 2.45) is 0 Å². The average molecular weight is 394 g/mol. The summed E-state index contributed by atoms with van der Waals surface area (Å²) in [4.78, 5) is 18.9. The Morgan fingerprint density at radius 3 is 2.69 bits per heavy atom. The quantitative estimate of drug-likeness (QED) is 0.638. The lowest BCUT2D eigenvalue weighted by molar-refractivity contribution is -0.131. The van der Waals surface area contributed by atoms with Gasteiger partial charge in [-0.3, -0.25) is 4.79 Å². The molecule has 2 aromatic heterocycles. The fourth-order valence-electron chi connectivity index (χ4n) is 3.61. The molecule has 0 bridgehead atoms. The molecule has 4 rings (SSSR count). The molecule has 0 spiro atoms. The van der Waals surface area contributed by atoms with Crippen molar-refractivity contribution < 1.29 is 9.32 Å². The van der Waals surface area contributed by atoms with Crippen LogP contribution >= 0.6 is 0 Å². The Labute approximate surface area is 169 Å². The Morgan fingerprint density at radius 1 is 1.21 bits per heavy atom. The van der Waals surface area contributed by atoms with Gasteiger partial charge in [-0.15, -0.1) is 5.10 Å². The van der Waals surface area contributed by atoms with E-state index in [1.165, 1.54) is 5.56 Å². The van der Waals surface area contributed by atoms with Crippen molar-refractivity contribution in [1.82, 2.24) is 30.0 Å². The highest BCUT2D eigenvalue weighted by atomic mass is 16.5. The molecule has 3 heterocycles. The number of nitrogens with zero attached hydrogens (tertiary/aromatic N) is 6. The molecule has 8 nitrogen and oxygen atoms in total. The highest BCUT2D eigenvalue weighted by molar-refractivity contribution is 5.78. The van der Waals surface area contributed by atoms with Gasteiger partial charge in [-0.05, 0) is 31.7 Å². The van der Waals surface area contributed by atoms with E-state index in [1.807, 2.05) is 40.0 Å². The third kappa shape index (κ3) is 4.52. The minimum Gasteiger partial charge on any atom is -0.342 e. The molecule has 0 radical (unpaired) electrons. The zero-order chi connectivity index (χ0) is 20.2. The van der Waals surface area contributed by atoms with Crippen LogP contribution in [-0.4, -0.2) is 49.0 Å². The first-order chi connectivity index (χ1) is 14.1. The van der Waals surface area contributed by atoms with Crippen LogP contribution in [0.1, 0.15) is 49.2 Å². The minimum absolute atomic E-state index is 0.181. The molecule has 0 aliphatic carbocycles. The van der Waals surface area contributed by atoms with Gasteiger partial charge in [-0.2, -0.15) is 4.98 Å². The lowest BCUT2D eigenvalue weighted by Gasteiger charge is -2.32. The number of piperidine rings is 1. The molecule has 0 unspecified atom stereocenters. The van der Waals surface area contributed by atoms with E-state index in [9.17, 15) is 4.79 Å². The van der Waals surface area contributed by atoms with Crippen molar-refractivity contribution in [1.29, 1.82) is 0 Å². The molecule has 0 saturated carbocycles. The molecular weight excluding hydrogens is 368 g/mol. The smallest absolute Gasteiger partial charge is 0.280 e. The number of likely N-dealkylation sites (tertiary alicyclic amines) is 1. The van der Waals surface area contributed by atoms with E-state index >= 15 is 0 Å². The fourth-order valence-corrected chi connectivity index (χ4v) is 3.61. The SMILES string of the molecule is CCCc1noc(-c2cn(C3CCN(C(=O)Cc4ccc(C)cc4)CC3)nn2)n1. The van der Waals surface area contributed by atoms with Crippen LogP contribution in [0.15, 0.2) is 35.0 Å². The molecule has 0 N–H and O–H groups in total. The van der Waals surface area contributed by atoms with Crippen LogP contribution in [0.5, 0.6) is 0 Å². The van der Waals surface area contributed by atoms with E-state index in [-0.39, 0.29) is 11.9 Å². The predicted molar refractivity (Wildman–Crippen MR) is 107 cm³/mol. The number of benzene rings is 1. The maximum absolute atomic E-state index is 12.6. The van der Waals surface area contributed by atoms with Crippen molar-refractivity contribution in [3.63, 3.8) is 0 Å². The van der Waals surface area contributed by atoms with Gasteiger partial charge in [-0.1, -0.05) is 47.1 Å². The number of amides is 1. The van der Waals surface area contributed by atoms with Crippen LogP contribution < -0.4 is 0 Å². The van der Waals surface area contributed by atoms with Crippen LogP contribution in [0.25, 0.3) is 11.6 Å². The van der Waals surface area contributed by atoms with E-state index < -0.39 is 0 Å². The van der Waals surface area contributed by atoms with E-state index in [0.29, 0.717) is 23.8 Å². The average Bonchev–Trinajstić information content (AvgIpc) is 3.40. The first-order valence-electron chi connectivity index (χ1n) is 10.2. The molecule has 1 aromatic carbocycles. The number of hydrogen-bond donors (Lipinski definition) is 0. The third-order valence-electron chi connectivity index (χ3n) is 5.34. The summed E-state index contributed by atoms with van der Waals surface area (Å²) in [5.41, 5.74) is 2.86. The second kappa shape index (κ2) is 8.55. The summed E-state index contributed by atoms with van der Waals surface area (Å²) in [5.74, 6) is 1.28. The third-order valence-corrected chi connectivity index (χ3v) is 5.34. The number of carbonyl (C=O) groups is 1. The topological polar surface area (TPSA) is 89.9 Å². The Kier molecular flexibility index (Phi) is 5.69. The molecule has 1 aliphatic heterocycles. The Balaban J connectivity index is 1.33. The van der Waals surface area contributed by atoms with Gasteiger partial charge in [0.15, 0.2) is 11.5 Å². The van der Waals surface area contributed by atoms with Crippen molar-refractivity contribution in [3.05, 3.63) is 47.4 Å². The number of aromatic nitrogens is 5. The van der Waals surface area contributed by atoms with Crippen molar-refractivity contribution >= 4 is 5.91 Å². The first-order valence-corrected chi connectivity index (χ1v) is 10.2. The van der Waals surface area contributed by atoms with Gasteiger partial charge in [0.1, 0.15) is 0 Å². The first kappa shape index (κ1) is 19.3. The van der Waals surface area contributed by atoms with Gasteiger partial charge < -0.3 is 9.42 Å². The lowest BCUT2D eigenvalue weighted by atomic mass is 10.0. The lowest BCUT2D eigenvalue weighted by Crippen LogP contribution is -2.40. The molecule has 1 aliphatic rings. The summed E-state index contributed by atoms with van der Waals surface area (Å²) in [6, 6.07) is 8.37. The number of hydrogen-bond acceptors (Lipinski definition) is 6. The molecule has 0 atom stereocenters. The Bertz CT molecular complexity index is 954. The highest BCUT2D eigenvalue weighted by Gasteiger charge is 2.25. The molecule has 1 amide bonds. The molecular formula is C21H26N6O2. The summed E-state index contributed by atoms with van der Waals surface area (Å²) < 4.78 is 7.15. The summed E-state index contributed by atoms with van der Waals surface area (Å²) >= 11 is 0. The summed E-state index contributed by atoms with van der Waals surface area (Å²) in [7, 11) is 0. The molecule has 1 fully saturated rings. The van der Waals surface area contributed by atoms with Crippen LogP contribution in [0.3, 0.4) is 0 Å². The maximum atomic E-state index is 12.6. The summed E-state index contributed by atoms with van der Waals surface area (Å²) in [6.07, 6.45) is 5.77. The number of aryl methyl sites for hydroxylation is 2. The predicted octanol–water partition coefficient (Wildman–Crippen LogP) is 3.00. The minimum atomic E-state index is 0.181. The van der Waals surface area contributed by atoms with Crippen LogP contribution in [0.4, 0.5) is 0 Å². The van der Waals surface area contributed by atoms with E-state index in [2.05, 4.69) is 34.3 Å². The second-order valence-corrected chi connectivity index (χ2v) is 7.62. The molecule has 29 heavy (non-hydrogen) atoms. The number of rotatable bonds is 6. The van der Waals surface area contributed by atoms with Gasteiger partial charge in [0.05, 0.1) is 18.7 Å². The van der Waals surface area contributed by atoms with E-state index in [4.69, 9.17) is 4.52 Å². The van der Waals surface area contributed by atoms with Crippen LogP contribution in [-0.2, 0) is 17.6 Å². The van der Waals surface area contributed by atoms with Gasteiger partial charge in [0.2, 0.25) is 5.91 Å². The largest absolute Gasteiger partial charge is 0.342 e. The molecule has 3 aromatic rings. The summed E-state index contributed by atoms with van der Waals surface area (Å²) in [5, 5.41) is 12.4. The standard InChI is InChI=1S/C21H26N6O2/c1-3-4-19-22-21(29-24-19)18-14-27(25-23-18)17-9-11-26(12-10-17)20(28)13-16-7-5-15(2)6-8-16/h5-8,14,17H,3-4,9-13H2,1-2H3. The molecule has 1 saturated heterocycles. The molecule has 8 heteroatoms. The second-order valence-electron chi connectivity index (χ2n) is 7.62. The highest BCUT2D eigenvalue weighted by Crippen LogP contribution is 2.24. The van der Waals surface area contributed by atoms with Gasteiger partial charge in [-0.25, -0.2) is 4.68 Å². The molecule has 152 valence electrons. The van der Waals surface area contributed by atoms with Gasteiger partial charge in [0, 0.05) is 19.5 Å². The monoisotopic (exact) mass is 394 g/mol. The Hall–Kier alpha value is -3.03. The number of carbonyl (C=O) groups excluding carboxylic acids is 1. The zero-order valence-corrected chi connectivity index (χ0v) is 16.9. The van der Waals surface area contributed by atoms with Crippen molar-refractivity contribution in [2.75, 3.05) is 13.1 Å². The normalized spacial score (nSPS) is 15.0. The van der Waals surface area contributed by atoms with Crippen LogP contribution in [0.2, 0.25) is 0 Å². The maximum Gasteiger partial charge on any atom is 0.280 e. The summed E-state index contributed by atoms with van der Waals surface area (Å²) in [6.45, 7) is 5.58.